The average Bonchev–Trinajstić information content (AvgIpc) is 3.47. The lowest BCUT2D eigenvalue weighted by molar-refractivity contribution is -0.167. The predicted octanol–water partition coefficient (Wildman–Crippen LogP) is 24.7. The largest absolute Gasteiger partial charge is 0.462 e. The third kappa shape index (κ3) is 67.8. The Labute approximate surface area is 504 Å². The highest BCUT2D eigenvalue weighted by atomic mass is 16.6. The van der Waals surface area contributed by atoms with Gasteiger partial charge in [0, 0.05) is 19.3 Å². The zero-order chi connectivity index (χ0) is 58.5. The van der Waals surface area contributed by atoms with Crippen molar-refractivity contribution in [1.29, 1.82) is 0 Å². The molecule has 81 heavy (non-hydrogen) atoms. The second-order valence-corrected chi connectivity index (χ2v) is 24.1. The van der Waals surface area contributed by atoms with Crippen LogP contribution in [-0.4, -0.2) is 37.2 Å². The summed E-state index contributed by atoms with van der Waals surface area (Å²) in [6.07, 6.45) is 89.7. The van der Waals surface area contributed by atoms with Crippen molar-refractivity contribution in [1.82, 2.24) is 0 Å². The van der Waals surface area contributed by atoms with Crippen LogP contribution in [-0.2, 0) is 28.6 Å². The van der Waals surface area contributed by atoms with Crippen LogP contribution in [0.25, 0.3) is 0 Å². The van der Waals surface area contributed by atoms with Crippen LogP contribution in [0.5, 0.6) is 0 Å². The number of allylic oxidation sites excluding steroid dienone is 10. The van der Waals surface area contributed by atoms with Gasteiger partial charge in [-0.15, -0.1) is 0 Å². The minimum Gasteiger partial charge on any atom is -0.462 e. The topological polar surface area (TPSA) is 78.9 Å². The highest BCUT2D eigenvalue weighted by Crippen LogP contribution is 2.18. The first kappa shape index (κ1) is 78.1. The van der Waals surface area contributed by atoms with Gasteiger partial charge < -0.3 is 14.2 Å². The fraction of sp³-hybridized carbons (Fsp3) is 0.827. The Balaban J connectivity index is 4.15. The van der Waals surface area contributed by atoms with Crippen molar-refractivity contribution in [2.24, 2.45) is 0 Å². The lowest BCUT2D eigenvalue weighted by Gasteiger charge is -2.18. The van der Waals surface area contributed by atoms with E-state index in [1.165, 1.54) is 257 Å². The molecule has 0 aliphatic heterocycles. The van der Waals surface area contributed by atoms with Gasteiger partial charge in [0.2, 0.25) is 0 Å². The normalized spacial score (nSPS) is 12.4. The van der Waals surface area contributed by atoms with Crippen LogP contribution in [0.4, 0.5) is 0 Å². The Morgan fingerprint density at radius 2 is 0.444 bits per heavy atom. The fourth-order valence-corrected chi connectivity index (χ4v) is 10.6. The summed E-state index contributed by atoms with van der Waals surface area (Å²) >= 11 is 0. The maximum Gasteiger partial charge on any atom is 0.306 e. The Bertz CT molecular complexity index is 1440. The first-order chi connectivity index (χ1) is 40.0. The van der Waals surface area contributed by atoms with Gasteiger partial charge in [0.25, 0.3) is 0 Å². The second-order valence-electron chi connectivity index (χ2n) is 24.1. The lowest BCUT2D eigenvalue weighted by atomic mass is 10.0. The molecule has 0 spiro atoms. The van der Waals surface area contributed by atoms with E-state index in [-0.39, 0.29) is 31.1 Å². The molecule has 0 bridgehead atoms. The first-order valence-corrected chi connectivity index (χ1v) is 35.8. The van der Waals surface area contributed by atoms with E-state index in [1.807, 2.05) is 0 Å². The molecule has 0 fully saturated rings. The molecule has 1 atom stereocenters. The number of unbranched alkanes of at least 4 members (excludes halogenated alkanes) is 45. The molecule has 0 saturated heterocycles. The second kappa shape index (κ2) is 69.6. The zero-order valence-electron chi connectivity index (χ0n) is 54.3. The van der Waals surface area contributed by atoms with Crippen molar-refractivity contribution in [3.63, 3.8) is 0 Å². The summed E-state index contributed by atoms with van der Waals surface area (Å²) in [6, 6.07) is 0. The van der Waals surface area contributed by atoms with Gasteiger partial charge in [-0.1, -0.05) is 313 Å². The van der Waals surface area contributed by atoms with Crippen LogP contribution in [0.15, 0.2) is 60.8 Å². The van der Waals surface area contributed by atoms with Gasteiger partial charge in [-0.2, -0.15) is 0 Å². The Kier molecular flexibility index (Phi) is 67.1. The summed E-state index contributed by atoms with van der Waals surface area (Å²) in [5, 5.41) is 0. The van der Waals surface area contributed by atoms with Crippen LogP contribution >= 0.6 is 0 Å². The molecule has 0 aliphatic carbocycles. The van der Waals surface area contributed by atoms with Gasteiger partial charge >= 0.3 is 17.9 Å². The van der Waals surface area contributed by atoms with Gasteiger partial charge in [0.15, 0.2) is 6.10 Å². The van der Waals surface area contributed by atoms with Crippen LogP contribution in [0.1, 0.15) is 380 Å². The number of carbonyl (C=O) groups excluding carboxylic acids is 3. The van der Waals surface area contributed by atoms with E-state index in [0.29, 0.717) is 19.3 Å². The summed E-state index contributed by atoms with van der Waals surface area (Å²) in [5.41, 5.74) is 0. The van der Waals surface area contributed by atoms with Crippen molar-refractivity contribution in [2.75, 3.05) is 13.2 Å². The molecule has 472 valence electrons. The third-order valence-corrected chi connectivity index (χ3v) is 16.0. The molecule has 0 aromatic carbocycles. The first-order valence-electron chi connectivity index (χ1n) is 35.8. The fourth-order valence-electron chi connectivity index (χ4n) is 10.6. The number of hydrogen-bond donors (Lipinski definition) is 0. The van der Waals surface area contributed by atoms with E-state index in [9.17, 15) is 14.4 Å². The van der Waals surface area contributed by atoms with Crippen molar-refractivity contribution < 1.29 is 28.6 Å². The minimum absolute atomic E-state index is 0.0762. The predicted molar refractivity (Wildman–Crippen MR) is 353 cm³/mol. The molecule has 0 saturated carbocycles. The average molecular weight is 1130 g/mol. The molecule has 6 nitrogen and oxygen atoms in total. The molecule has 0 N–H and O–H groups in total. The molecule has 0 amide bonds. The lowest BCUT2D eigenvalue weighted by Crippen LogP contribution is -2.30. The summed E-state index contributed by atoms with van der Waals surface area (Å²) in [7, 11) is 0. The van der Waals surface area contributed by atoms with Gasteiger partial charge in [0.05, 0.1) is 0 Å². The van der Waals surface area contributed by atoms with E-state index >= 15 is 0 Å². The van der Waals surface area contributed by atoms with Gasteiger partial charge in [0.1, 0.15) is 13.2 Å². The quantitative estimate of drug-likeness (QED) is 0.0261. The van der Waals surface area contributed by atoms with Gasteiger partial charge in [-0.05, 0) is 109 Å². The summed E-state index contributed by atoms with van der Waals surface area (Å²) in [5.74, 6) is -0.871. The number of ether oxygens (including phenoxy) is 3. The molecule has 0 aromatic heterocycles. The van der Waals surface area contributed by atoms with E-state index in [1.54, 1.807) is 0 Å². The minimum atomic E-state index is -0.781. The Morgan fingerprint density at radius 3 is 0.704 bits per heavy atom. The van der Waals surface area contributed by atoms with Crippen molar-refractivity contribution >= 4 is 17.9 Å². The highest BCUT2D eigenvalue weighted by molar-refractivity contribution is 5.71. The van der Waals surface area contributed by atoms with E-state index < -0.39 is 6.10 Å². The van der Waals surface area contributed by atoms with Crippen LogP contribution in [0.2, 0.25) is 0 Å². The van der Waals surface area contributed by atoms with E-state index in [4.69, 9.17) is 14.2 Å². The molecule has 0 radical (unpaired) electrons. The molecular formula is C75H136O6. The molecule has 1 unspecified atom stereocenters. The molecular weight excluding hydrogens is 997 g/mol. The van der Waals surface area contributed by atoms with Crippen LogP contribution < -0.4 is 0 Å². The number of esters is 3. The van der Waals surface area contributed by atoms with Gasteiger partial charge in [-0.25, -0.2) is 0 Å². The maximum atomic E-state index is 12.9. The molecule has 0 heterocycles. The Morgan fingerprint density at radius 1 is 0.247 bits per heavy atom. The summed E-state index contributed by atoms with van der Waals surface area (Å²) < 4.78 is 17.0. The molecule has 6 heteroatoms. The SMILES string of the molecule is CCCCCCC/C=C\C/C=C\C/C=C\CCCCCCCCCCCCCCCCCCCCC(=O)OCC(COC(=O)CCCCCCC/C=C\CCCCCCCC)OC(=O)CCCCCCC/C=C\CCCCCCCC. The van der Waals surface area contributed by atoms with E-state index in [2.05, 4.69) is 81.5 Å². The molecule has 0 aromatic rings. The molecule has 0 rings (SSSR count). The summed E-state index contributed by atoms with van der Waals surface area (Å²) in [6.45, 7) is 6.66. The van der Waals surface area contributed by atoms with E-state index in [0.717, 1.165) is 83.5 Å². The maximum absolute atomic E-state index is 12.9. The number of carbonyl (C=O) groups is 3. The van der Waals surface area contributed by atoms with Crippen molar-refractivity contribution in [3.05, 3.63) is 60.8 Å². The van der Waals surface area contributed by atoms with Crippen LogP contribution in [0, 0.1) is 0 Å². The van der Waals surface area contributed by atoms with Gasteiger partial charge in [-0.3, -0.25) is 14.4 Å². The number of rotatable bonds is 66. The zero-order valence-corrected chi connectivity index (χ0v) is 54.3. The summed E-state index contributed by atoms with van der Waals surface area (Å²) in [4.78, 5) is 38.4. The monoisotopic (exact) mass is 1130 g/mol. The molecule has 0 aliphatic rings. The smallest absolute Gasteiger partial charge is 0.306 e. The number of hydrogen-bond acceptors (Lipinski definition) is 6. The van der Waals surface area contributed by atoms with Crippen molar-refractivity contribution in [3.8, 4) is 0 Å². The van der Waals surface area contributed by atoms with Crippen molar-refractivity contribution in [2.45, 2.75) is 386 Å². The Hall–Kier alpha value is -2.89. The third-order valence-electron chi connectivity index (χ3n) is 16.0. The van der Waals surface area contributed by atoms with Crippen LogP contribution in [0.3, 0.4) is 0 Å². The highest BCUT2D eigenvalue weighted by Gasteiger charge is 2.19. The standard InChI is InChI=1S/C75H136O6/c1-4-7-10-13-16-19-22-25-28-29-30-31-32-33-34-35-36-37-38-39-40-41-42-43-44-45-48-50-53-56-59-62-65-68-74(77)80-71-72(81-75(78)69-66-63-60-57-54-51-47-27-24-21-18-15-12-9-6-3)70-79-73(76)67-64-61-58-55-52-49-46-26-23-20-17-14-11-8-5-2/h22,25-27,29-30,32-33,46-47,72H,4-21,23-24,28,31,34-45,48-71H2,1-3H3/b25-22-,30-29-,33-32-,46-26-,47-27-.